The van der Waals surface area contributed by atoms with Crippen LogP contribution < -0.4 is 30.2 Å². The van der Waals surface area contributed by atoms with E-state index in [9.17, 15) is 19.2 Å². The minimum atomic E-state index is -0.932. The number of fused-ring (bicyclic) bond motifs is 1. The summed E-state index contributed by atoms with van der Waals surface area (Å²) in [5.41, 5.74) is 7.54. The summed E-state index contributed by atoms with van der Waals surface area (Å²) in [6, 6.07) is 41.9. The van der Waals surface area contributed by atoms with Gasteiger partial charge in [-0.1, -0.05) is 109 Å². The van der Waals surface area contributed by atoms with Crippen molar-refractivity contribution in [2.45, 2.75) is 94.5 Å². The third-order valence-corrected chi connectivity index (χ3v) is 20.6. The second-order valence-electron chi connectivity index (χ2n) is 26.2. The largest absolute Gasteiger partial charge is 0.497 e. The van der Waals surface area contributed by atoms with Crippen LogP contribution in [0.1, 0.15) is 92.2 Å². The highest BCUT2D eigenvalue weighted by Crippen LogP contribution is 2.50. The van der Waals surface area contributed by atoms with Crippen molar-refractivity contribution in [1.29, 1.82) is 0 Å². The summed E-state index contributed by atoms with van der Waals surface area (Å²) in [5, 5.41) is 10.9. The molecule has 0 saturated heterocycles. The molecule has 0 radical (unpaired) electrons. The van der Waals surface area contributed by atoms with Crippen LogP contribution in [0.5, 0.6) is 17.2 Å². The molecule has 6 aromatic rings. The lowest BCUT2D eigenvalue weighted by Gasteiger charge is -2.41. The molecule has 5 aromatic carbocycles. The van der Waals surface area contributed by atoms with Gasteiger partial charge in [0.1, 0.15) is 25.0 Å². The van der Waals surface area contributed by atoms with E-state index >= 15 is 9.59 Å². The molecule has 13 rings (SSSR count). The van der Waals surface area contributed by atoms with Crippen molar-refractivity contribution in [3.8, 4) is 28.4 Å². The van der Waals surface area contributed by atoms with Crippen molar-refractivity contribution in [2.24, 2.45) is 0 Å². The SMILES string of the molecule is COc1ccc(C2C3=C(NCCN2C(=O)Cc2ccccc2)C(C)(CCC2(C)C4=C(C(=O)N2C)C(c2ccc(-c5ccc(CC(=O)N6CCNC7=C(C(=O)N(C)C7(C)C)C6c6ccc7c(c6)OCCO7)cc5)cn2)N(C(=O)Cc2ccccc2)CCN4)N(C)C3=O)cc1. The van der Waals surface area contributed by atoms with Gasteiger partial charge in [0.2, 0.25) is 17.7 Å². The molecule has 19 heteroatoms. The van der Waals surface area contributed by atoms with Gasteiger partial charge in [0, 0.05) is 89.3 Å². The summed E-state index contributed by atoms with van der Waals surface area (Å²) in [6.45, 7) is 11.2. The molecule has 3 N–H and O–H groups in total. The minimum absolute atomic E-state index is 0.0847. The van der Waals surface area contributed by atoms with E-state index in [-0.39, 0.29) is 61.3 Å². The Kier molecular flexibility index (Phi) is 16.4. The summed E-state index contributed by atoms with van der Waals surface area (Å²) < 4.78 is 17.4. The van der Waals surface area contributed by atoms with Crippen molar-refractivity contribution in [1.82, 2.24) is 50.3 Å². The first-order valence-electron chi connectivity index (χ1n) is 32.2. The van der Waals surface area contributed by atoms with Crippen molar-refractivity contribution in [3.63, 3.8) is 0 Å². The number of amides is 6. The van der Waals surface area contributed by atoms with E-state index in [4.69, 9.17) is 19.2 Å². The van der Waals surface area contributed by atoms with Crippen LogP contribution in [-0.4, -0.2) is 167 Å². The lowest BCUT2D eigenvalue weighted by atomic mass is 9.82. The number of nitrogens with zero attached hydrogens (tertiary/aromatic N) is 7. The normalized spacial score (nSPS) is 23.4. The van der Waals surface area contributed by atoms with Crippen LogP contribution in [-0.2, 0) is 48.0 Å². The van der Waals surface area contributed by atoms with Gasteiger partial charge in [-0.25, -0.2) is 0 Å². The number of carbonyl (C=O) groups is 6. The van der Waals surface area contributed by atoms with E-state index in [1.165, 1.54) is 0 Å². The second-order valence-corrected chi connectivity index (χ2v) is 26.2. The number of rotatable bonds is 14. The molecular formula is C74H80N10O9. The molecule has 8 heterocycles. The zero-order valence-corrected chi connectivity index (χ0v) is 54.1. The standard InChI is InChI=1S/C74H80N10O9/c1-72(2)66-60(69(88)79(72)5)64(51-26-30-55-56(44-51)93-40-39-92-55)83(36-33-75-66)58(86)43-48-19-21-49(22-20-48)52-25-29-54(78-45-52)65-62-68(77-35-38-84(65)59(87)42-47-17-13-10-14-18-47)74(4,81(7)71(62)90)32-31-73(3)67-61(70(89)80(73)6)63(50-23-27-53(91-8)28-24-50)82(37-34-76-67)57(85)41-46-15-11-9-12-16-46/h9-30,44-45,63-65,75-77H,31-43H2,1-8H3. The fraction of sp³-hybridized carbons (Fsp3) is 0.365. The molecule has 0 fully saturated rings. The highest BCUT2D eigenvalue weighted by atomic mass is 16.6. The Morgan fingerprint density at radius 1 is 0.505 bits per heavy atom. The Morgan fingerprint density at radius 3 is 1.46 bits per heavy atom. The van der Waals surface area contributed by atoms with Crippen LogP contribution in [0.25, 0.3) is 11.1 Å². The third-order valence-electron chi connectivity index (χ3n) is 20.6. The number of aromatic nitrogens is 1. The number of benzene rings is 5. The minimum Gasteiger partial charge on any atom is -0.497 e. The van der Waals surface area contributed by atoms with Gasteiger partial charge in [0.05, 0.1) is 77.5 Å². The number of ether oxygens (including phenoxy) is 3. The van der Waals surface area contributed by atoms with Gasteiger partial charge in [0.15, 0.2) is 11.5 Å². The Labute approximate surface area is 543 Å². The van der Waals surface area contributed by atoms with E-state index in [1.54, 1.807) is 40.0 Å². The van der Waals surface area contributed by atoms with Crippen LogP contribution in [0.15, 0.2) is 180 Å². The monoisotopic (exact) mass is 1250 g/mol. The lowest BCUT2D eigenvalue weighted by Crippen LogP contribution is -2.52. The number of methoxy groups -OCH3 is 1. The summed E-state index contributed by atoms with van der Waals surface area (Å²) in [7, 11) is 7.03. The van der Waals surface area contributed by atoms with Crippen molar-refractivity contribution in [2.75, 3.05) is 80.7 Å². The highest BCUT2D eigenvalue weighted by Gasteiger charge is 2.56. The molecule has 0 spiro atoms. The highest BCUT2D eigenvalue weighted by molar-refractivity contribution is 6.02. The molecule has 93 heavy (non-hydrogen) atoms. The molecule has 0 bridgehead atoms. The average Bonchev–Trinajstić information content (AvgIpc) is 1.59. The predicted molar refractivity (Wildman–Crippen MR) is 351 cm³/mol. The molecule has 0 saturated carbocycles. The third kappa shape index (κ3) is 11.0. The Morgan fingerprint density at radius 2 is 0.946 bits per heavy atom. The fourth-order valence-electron chi connectivity index (χ4n) is 14.8. The fourth-order valence-corrected chi connectivity index (χ4v) is 14.8. The zero-order valence-electron chi connectivity index (χ0n) is 54.1. The Bertz CT molecular complexity index is 4040. The van der Waals surface area contributed by atoms with Crippen LogP contribution in [0.4, 0.5) is 0 Å². The summed E-state index contributed by atoms with van der Waals surface area (Å²) >= 11 is 0. The van der Waals surface area contributed by atoms with Gasteiger partial charge in [-0.2, -0.15) is 0 Å². The number of pyridine rings is 1. The van der Waals surface area contributed by atoms with Gasteiger partial charge in [-0.05, 0) is 104 Å². The van der Waals surface area contributed by atoms with Crippen LogP contribution in [0.2, 0.25) is 0 Å². The summed E-state index contributed by atoms with van der Waals surface area (Å²) in [4.78, 5) is 105. The molecule has 6 amide bonds. The topological polar surface area (TPSA) is 199 Å². The number of hydrogen-bond donors (Lipinski definition) is 3. The molecule has 7 aliphatic heterocycles. The Balaban J connectivity index is 0.792. The first-order chi connectivity index (χ1) is 44.8. The van der Waals surface area contributed by atoms with Gasteiger partial charge in [0.25, 0.3) is 17.7 Å². The molecule has 0 aliphatic carbocycles. The smallest absolute Gasteiger partial charge is 0.254 e. The van der Waals surface area contributed by atoms with E-state index < -0.39 is 34.7 Å². The zero-order chi connectivity index (χ0) is 65.1. The first kappa shape index (κ1) is 61.9. The van der Waals surface area contributed by atoms with Crippen LogP contribution in [0.3, 0.4) is 0 Å². The quantitative estimate of drug-likeness (QED) is 0.0964. The number of hydrogen-bond acceptors (Lipinski definition) is 13. The van der Waals surface area contributed by atoms with Gasteiger partial charge >= 0.3 is 0 Å². The van der Waals surface area contributed by atoms with Crippen LogP contribution >= 0.6 is 0 Å². The molecule has 480 valence electrons. The molecule has 19 nitrogen and oxygen atoms in total. The van der Waals surface area contributed by atoms with E-state index in [2.05, 4.69) is 29.8 Å². The average molecular weight is 1250 g/mol. The molecule has 5 unspecified atom stereocenters. The summed E-state index contributed by atoms with van der Waals surface area (Å²) in [6.07, 6.45) is 2.99. The molecular weight excluding hydrogens is 1170 g/mol. The molecule has 7 aliphatic rings. The first-order valence-corrected chi connectivity index (χ1v) is 32.2. The maximum absolute atomic E-state index is 15.4. The number of likely N-dealkylation sites (N-methyl/N-ethyl adjacent to an activating group) is 3. The van der Waals surface area contributed by atoms with E-state index in [1.807, 2.05) is 177 Å². The number of carbonyl (C=O) groups excluding carboxylic acids is 6. The molecule has 5 atom stereocenters. The van der Waals surface area contributed by atoms with Gasteiger partial charge in [-0.15, -0.1) is 0 Å². The number of nitrogens with one attached hydrogen (secondary N) is 3. The van der Waals surface area contributed by atoms with Crippen LogP contribution in [0, 0.1) is 0 Å². The molecule has 1 aromatic heterocycles. The maximum atomic E-state index is 15.4. The van der Waals surface area contributed by atoms with Crippen molar-refractivity contribution >= 4 is 35.4 Å². The lowest BCUT2D eigenvalue weighted by molar-refractivity contribution is -0.135. The van der Waals surface area contributed by atoms with Crippen molar-refractivity contribution in [3.05, 3.63) is 213 Å². The van der Waals surface area contributed by atoms with E-state index in [0.717, 1.165) is 50.3 Å². The van der Waals surface area contributed by atoms with Gasteiger partial charge < -0.3 is 59.6 Å². The summed E-state index contributed by atoms with van der Waals surface area (Å²) in [5.74, 6) is 0.899. The maximum Gasteiger partial charge on any atom is 0.254 e. The van der Waals surface area contributed by atoms with Crippen molar-refractivity contribution < 1.29 is 43.0 Å². The predicted octanol–water partition coefficient (Wildman–Crippen LogP) is 7.63. The Hall–Kier alpha value is -9.91. The van der Waals surface area contributed by atoms with E-state index in [0.29, 0.717) is 104 Å². The second kappa shape index (κ2) is 24.6. The van der Waals surface area contributed by atoms with Gasteiger partial charge in [-0.3, -0.25) is 33.8 Å².